The highest BCUT2D eigenvalue weighted by atomic mass is 16.5. The third kappa shape index (κ3) is 3.88. The first-order valence-electron chi connectivity index (χ1n) is 8.17. The van der Waals surface area contributed by atoms with Gasteiger partial charge in [-0.2, -0.15) is 0 Å². The minimum atomic E-state index is -1.04. The zero-order valence-electron chi connectivity index (χ0n) is 14.5. The summed E-state index contributed by atoms with van der Waals surface area (Å²) in [5.74, 6) is -2.36. The maximum absolute atomic E-state index is 12.4. The second-order valence-corrected chi connectivity index (χ2v) is 5.93. The zero-order chi connectivity index (χ0) is 20.3. The van der Waals surface area contributed by atoms with Crippen LogP contribution in [0.5, 0.6) is 0 Å². The Bertz CT molecular complexity index is 948. The molecule has 2 aromatic carbocycles. The van der Waals surface area contributed by atoms with E-state index in [0.717, 1.165) is 4.90 Å². The zero-order valence-corrected chi connectivity index (χ0v) is 14.5. The van der Waals surface area contributed by atoms with E-state index in [9.17, 15) is 24.0 Å². The molecule has 1 aliphatic rings. The van der Waals surface area contributed by atoms with E-state index in [1.807, 2.05) is 0 Å². The summed E-state index contributed by atoms with van der Waals surface area (Å²) in [7, 11) is 0. The molecule has 0 radical (unpaired) electrons. The topological polar surface area (TPSA) is 136 Å². The lowest BCUT2D eigenvalue weighted by molar-refractivity contribution is -0.123. The average molecular weight is 381 g/mol. The molecule has 9 heteroatoms. The largest absolute Gasteiger partial charge is 0.452 e. The van der Waals surface area contributed by atoms with Crippen LogP contribution in [-0.2, 0) is 16.1 Å². The molecule has 142 valence electrons. The second kappa shape index (κ2) is 7.70. The highest BCUT2D eigenvalue weighted by Gasteiger charge is 2.34. The fraction of sp³-hybridized carbons (Fsp3) is 0.105. The molecule has 28 heavy (non-hydrogen) atoms. The van der Waals surface area contributed by atoms with Crippen molar-refractivity contribution in [2.75, 3.05) is 6.61 Å². The van der Waals surface area contributed by atoms with Crippen molar-refractivity contribution < 1.29 is 28.7 Å². The number of urea groups is 1. The Kier molecular flexibility index (Phi) is 5.16. The number of ether oxygens (including phenoxy) is 1. The van der Waals surface area contributed by atoms with Crippen LogP contribution in [0.25, 0.3) is 0 Å². The van der Waals surface area contributed by atoms with Gasteiger partial charge < -0.3 is 10.5 Å². The normalized spacial score (nSPS) is 12.5. The van der Waals surface area contributed by atoms with Crippen LogP contribution in [0.2, 0.25) is 0 Å². The summed E-state index contributed by atoms with van der Waals surface area (Å²) >= 11 is 0. The Morgan fingerprint density at radius 3 is 2.04 bits per heavy atom. The van der Waals surface area contributed by atoms with Gasteiger partial charge in [0.1, 0.15) is 0 Å². The molecule has 0 saturated carbocycles. The Hall–Kier alpha value is -4.01. The van der Waals surface area contributed by atoms with Gasteiger partial charge in [0.25, 0.3) is 17.7 Å². The summed E-state index contributed by atoms with van der Waals surface area (Å²) in [5, 5.41) is 1.77. The Balaban J connectivity index is 1.62. The molecular formula is C19H15N3O6. The van der Waals surface area contributed by atoms with Crippen molar-refractivity contribution in [1.82, 2.24) is 10.2 Å². The summed E-state index contributed by atoms with van der Waals surface area (Å²) in [6, 6.07) is 11.6. The van der Waals surface area contributed by atoms with Gasteiger partial charge in [0.2, 0.25) is 0 Å². The van der Waals surface area contributed by atoms with Gasteiger partial charge in [-0.25, -0.2) is 9.59 Å². The van der Waals surface area contributed by atoms with Crippen molar-refractivity contribution in [2.24, 2.45) is 5.73 Å². The molecule has 0 bridgehead atoms. The lowest BCUT2D eigenvalue weighted by Gasteiger charge is -2.14. The molecule has 1 heterocycles. The first kappa shape index (κ1) is 18.8. The molecule has 0 fully saturated rings. The van der Waals surface area contributed by atoms with Gasteiger partial charge in [-0.1, -0.05) is 24.3 Å². The highest BCUT2D eigenvalue weighted by Crippen LogP contribution is 2.24. The van der Waals surface area contributed by atoms with E-state index in [0.29, 0.717) is 16.7 Å². The van der Waals surface area contributed by atoms with E-state index in [4.69, 9.17) is 10.5 Å². The minimum Gasteiger partial charge on any atom is -0.452 e. The van der Waals surface area contributed by atoms with Crippen LogP contribution in [-0.4, -0.2) is 41.2 Å². The summed E-state index contributed by atoms with van der Waals surface area (Å²) < 4.78 is 4.76. The van der Waals surface area contributed by atoms with Gasteiger partial charge in [-0.05, 0) is 29.8 Å². The third-order valence-corrected chi connectivity index (χ3v) is 4.01. The minimum absolute atomic E-state index is 0.0582. The quantitative estimate of drug-likeness (QED) is 0.582. The van der Waals surface area contributed by atoms with Gasteiger partial charge in [0.05, 0.1) is 23.2 Å². The number of amides is 5. The number of carbonyl (C=O) groups excluding carboxylic acids is 5. The number of carbonyl (C=O) groups is 5. The number of primary amides is 1. The molecule has 0 saturated heterocycles. The Morgan fingerprint density at radius 2 is 1.50 bits per heavy atom. The molecule has 0 atom stereocenters. The van der Waals surface area contributed by atoms with Gasteiger partial charge >= 0.3 is 12.0 Å². The first-order chi connectivity index (χ1) is 13.4. The number of nitrogens with two attached hydrogens (primary N) is 1. The molecular weight excluding hydrogens is 366 g/mol. The number of rotatable bonds is 5. The Labute approximate surface area is 159 Å². The Morgan fingerprint density at radius 1 is 0.929 bits per heavy atom. The van der Waals surface area contributed by atoms with E-state index in [1.165, 1.54) is 12.1 Å². The van der Waals surface area contributed by atoms with Crippen LogP contribution < -0.4 is 11.1 Å². The predicted octanol–water partition coefficient (Wildman–Crippen LogP) is 0.834. The number of hydrogen-bond donors (Lipinski definition) is 2. The predicted molar refractivity (Wildman–Crippen MR) is 95.1 cm³/mol. The molecule has 0 spiro atoms. The van der Waals surface area contributed by atoms with Crippen LogP contribution in [0.4, 0.5) is 4.79 Å². The summed E-state index contributed by atoms with van der Waals surface area (Å²) in [5.41, 5.74) is 6.31. The van der Waals surface area contributed by atoms with E-state index in [2.05, 4.69) is 0 Å². The van der Waals surface area contributed by atoms with Crippen molar-refractivity contribution >= 4 is 29.7 Å². The fourth-order valence-corrected chi connectivity index (χ4v) is 2.70. The fourth-order valence-electron chi connectivity index (χ4n) is 2.70. The molecule has 3 rings (SSSR count). The van der Waals surface area contributed by atoms with Crippen molar-refractivity contribution in [3.63, 3.8) is 0 Å². The van der Waals surface area contributed by atoms with Gasteiger partial charge in [-0.15, -0.1) is 0 Å². The molecule has 0 unspecified atom stereocenters. The van der Waals surface area contributed by atoms with E-state index < -0.39 is 24.5 Å². The van der Waals surface area contributed by atoms with Crippen molar-refractivity contribution in [3.8, 4) is 0 Å². The number of benzene rings is 2. The van der Waals surface area contributed by atoms with Crippen LogP contribution >= 0.6 is 0 Å². The molecule has 1 aliphatic heterocycles. The van der Waals surface area contributed by atoms with Gasteiger partial charge in [-0.3, -0.25) is 24.6 Å². The number of nitrogens with one attached hydrogen (secondary N) is 1. The van der Waals surface area contributed by atoms with Gasteiger partial charge in [0, 0.05) is 0 Å². The molecule has 3 N–H and O–H groups in total. The number of hydrogen-bond acceptors (Lipinski definition) is 6. The van der Waals surface area contributed by atoms with Crippen LogP contribution in [0, 0.1) is 0 Å². The molecule has 5 amide bonds. The van der Waals surface area contributed by atoms with E-state index in [1.54, 1.807) is 41.7 Å². The SMILES string of the molecule is NC(=O)NC(=O)COC(=O)c1ccc(CN2C(=O)c3ccccc3C2=O)cc1. The van der Waals surface area contributed by atoms with Crippen LogP contribution in [0.1, 0.15) is 36.6 Å². The number of imide groups is 2. The number of nitrogens with zero attached hydrogens (tertiary/aromatic N) is 1. The standard InChI is InChI=1S/C19H15N3O6/c20-19(27)21-15(23)10-28-18(26)12-7-5-11(6-8-12)9-22-16(24)13-3-1-2-4-14(13)17(22)25/h1-8H,9-10H2,(H3,20,21,23,27). The average Bonchev–Trinajstić information content (AvgIpc) is 2.91. The summed E-state index contributed by atoms with van der Waals surface area (Å²) in [6.45, 7) is -0.596. The van der Waals surface area contributed by atoms with Crippen LogP contribution in [0.15, 0.2) is 48.5 Å². The monoisotopic (exact) mass is 381 g/mol. The summed E-state index contributed by atoms with van der Waals surface area (Å²) in [4.78, 5) is 59.5. The molecule has 0 aliphatic carbocycles. The lowest BCUT2D eigenvalue weighted by atomic mass is 10.1. The summed E-state index contributed by atoms with van der Waals surface area (Å²) in [6.07, 6.45) is 0. The lowest BCUT2D eigenvalue weighted by Crippen LogP contribution is -2.37. The van der Waals surface area contributed by atoms with Crippen molar-refractivity contribution in [2.45, 2.75) is 6.54 Å². The first-order valence-corrected chi connectivity index (χ1v) is 8.17. The van der Waals surface area contributed by atoms with Crippen LogP contribution in [0.3, 0.4) is 0 Å². The molecule has 9 nitrogen and oxygen atoms in total. The maximum atomic E-state index is 12.4. The molecule has 2 aromatic rings. The van der Waals surface area contributed by atoms with Crippen molar-refractivity contribution in [1.29, 1.82) is 0 Å². The maximum Gasteiger partial charge on any atom is 0.338 e. The van der Waals surface area contributed by atoms with E-state index >= 15 is 0 Å². The smallest absolute Gasteiger partial charge is 0.338 e. The third-order valence-electron chi connectivity index (χ3n) is 4.01. The molecule has 0 aromatic heterocycles. The second-order valence-electron chi connectivity index (χ2n) is 5.93. The van der Waals surface area contributed by atoms with E-state index in [-0.39, 0.29) is 23.9 Å². The highest BCUT2D eigenvalue weighted by molar-refractivity contribution is 6.21. The number of fused-ring (bicyclic) bond motifs is 1. The van der Waals surface area contributed by atoms with Crippen molar-refractivity contribution in [3.05, 3.63) is 70.8 Å². The van der Waals surface area contributed by atoms with Gasteiger partial charge in [0.15, 0.2) is 6.61 Å². The number of esters is 1.